The smallest absolute Gasteiger partial charge is 0.300 e. The first-order chi connectivity index (χ1) is 17.5. The van der Waals surface area contributed by atoms with Gasteiger partial charge in [0.1, 0.15) is 11.5 Å². The summed E-state index contributed by atoms with van der Waals surface area (Å²) in [7, 11) is 2.95. The van der Waals surface area contributed by atoms with Gasteiger partial charge in [-0.25, -0.2) is 0 Å². The van der Waals surface area contributed by atoms with Crippen LogP contribution in [0.15, 0.2) is 66.2 Å². The van der Waals surface area contributed by atoms with E-state index in [9.17, 15) is 14.7 Å². The van der Waals surface area contributed by atoms with Crippen molar-refractivity contribution >= 4 is 46.3 Å². The minimum Gasteiger partial charge on any atom is -0.507 e. The summed E-state index contributed by atoms with van der Waals surface area (Å²) in [5.74, 6) is -1.22. The third-order valence-corrected chi connectivity index (χ3v) is 6.91. The van der Waals surface area contributed by atoms with Crippen molar-refractivity contribution in [3.8, 4) is 11.5 Å². The van der Waals surface area contributed by atoms with E-state index in [1.54, 1.807) is 24.3 Å². The molecule has 8 heteroatoms. The number of aliphatic hydroxyl groups is 1. The summed E-state index contributed by atoms with van der Waals surface area (Å²) < 4.78 is 10.5. The molecule has 6 nitrogen and oxygen atoms in total. The second kappa shape index (κ2) is 10.1. The molecule has 1 heterocycles. The molecule has 0 radical (unpaired) electrons. The van der Waals surface area contributed by atoms with Crippen LogP contribution in [0.4, 0.5) is 5.69 Å². The molecule has 1 N–H and O–H groups in total. The van der Waals surface area contributed by atoms with Crippen LogP contribution in [-0.2, 0) is 15.0 Å². The van der Waals surface area contributed by atoms with Crippen molar-refractivity contribution in [2.24, 2.45) is 0 Å². The molecule has 3 aromatic carbocycles. The molecule has 192 valence electrons. The van der Waals surface area contributed by atoms with Crippen molar-refractivity contribution in [1.82, 2.24) is 0 Å². The van der Waals surface area contributed by atoms with E-state index < -0.39 is 17.7 Å². The second-order valence-electron chi connectivity index (χ2n) is 9.72. The largest absolute Gasteiger partial charge is 0.507 e. The minimum absolute atomic E-state index is 0.0753. The first kappa shape index (κ1) is 26.6. The monoisotopic (exact) mass is 539 g/mol. The van der Waals surface area contributed by atoms with Crippen molar-refractivity contribution in [1.29, 1.82) is 0 Å². The molecule has 0 aliphatic carbocycles. The van der Waals surface area contributed by atoms with Crippen LogP contribution in [0.3, 0.4) is 0 Å². The molecule has 4 rings (SSSR count). The fraction of sp³-hybridized carbons (Fsp3) is 0.241. The molecule has 1 atom stereocenters. The molecule has 1 saturated heterocycles. The zero-order chi connectivity index (χ0) is 27.1. The van der Waals surface area contributed by atoms with Gasteiger partial charge >= 0.3 is 0 Å². The van der Waals surface area contributed by atoms with Crippen molar-refractivity contribution < 1.29 is 24.2 Å². The summed E-state index contributed by atoms with van der Waals surface area (Å²) in [5.41, 5.74) is 2.22. The average Bonchev–Trinajstić information content (AvgIpc) is 3.13. The van der Waals surface area contributed by atoms with Crippen LogP contribution >= 0.6 is 23.2 Å². The zero-order valence-electron chi connectivity index (χ0n) is 21.1. The van der Waals surface area contributed by atoms with Gasteiger partial charge in [0, 0.05) is 17.3 Å². The number of ether oxygens (including phenoxy) is 2. The van der Waals surface area contributed by atoms with Crippen LogP contribution in [0, 0.1) is 0 Å². The third-order valence-electron chi connectivity index (χ3n) is 6.34. The number of hydrogen-bond acceptors (Lipinski definition) is 5. The highest BCUT2D eigenvalue weighted by Gasteiger charge is 2.47. The molecule has 1 aliphatic heterocycles. The molecule has 3 aromatic rings. The number of Topliss-reactive ketones (excluding diaryl/α,β-unsaturated/α-hetero) is 1. The number of benzene rings is 3. The highest BCUT2D eigenvalue weighted by Crippen LogP contribution is 2.44. The number of halogens is 2. The predicted molar refractivity (Wildman–Crippen MR) is 146 cm³/mol. The van der Waals surface area contributed by atoms with Gasteiger partial charge in [0.15, 0.2) is 5.75 Å². The Labute approximate surface area is 226 Å². The van der Waals surface area contributed by atoms with Gasteiger partial charge in [-0.15, -0.1) is 0 Å². The van der Waals surface area contributed by atoms with Gasteiger partial charge in [0.25, 0.3) is 11.7 Å². The van der Waals surface area contributed by atoms with Crippen molar-refractivity contribution in [2.75, 3.05) is 19.1 Å². The Bertz CT molecular complexity index is 1380. The van der Waals surface area contributed by atoms with E-state index in [2.05, 4.69) is 20.8 Å². The molecule has 1 fully saturated rings. The van der Waals surface area contributed by atoms with E-state index in [0.717, 1.165) is 5.56 Å². The average molecular weight is 540 g/mol. The number of carbonyl (C=O) groups excluding carboxylic acids is 2. The Kier molecular flexibility index (Phi) is 7.27. The number of carbonyl (C=O) groups is 2. The molecule has 1 amide bonds. The summed E-state index contributed by atoms with van der Waals surface area (Å²) in [6.45, 7) is 6.30. The summed E-state index contributed by atoms with van der Waals surface area (Å²) in [6, 6.07) is 16.5. The van der Waals surface area contributed by atoms with Crippen molar-refractivity contribution in [2.45, 2.75) is 32.2 Å². The second-order valence-corrected chi connectivity index (χ2v) is 10.5. The molecule has 1 aliphatic rings. The molecule has 37 heavy (non-hydrogen) atoms. The summed E-state index contributed by atoms with van der Waals surface area (Å²) in [4.78, 5) is 28.2. The van der Waals surface area contributed by atoms with Gasteiger partial charge in [0.2, 0.25) is 0 Å². The molecular formula is C29H27Cl2NO5. The lowest BCUT2D eigenvalue weighted by Crippen LogP contribution is -2.29. The normalized spacial score (nSPS) is 17.3. The van der Waals surface area contributed by atoms with E-state index >= 15 is 0 Å². The predicted octanol–water partition coefficient (Wildman–Crippen LogP) is 6.93. The Morgan fingerprint density at radius 1 is 0.919 bits per heavy atom. The standard InChI is InChI=1S/C29H27Cl2NO5/c1-29(2,3)18-11-9-16(10-12-18)24-23(25(33)17-13-21(30)27(37-5)22(31)14-17)26(34)28(35)32(24)19-7-6-8-20(15-19)36-4/h6-15,24,33H,1-5H3/b25-23+. The lowest BCUT2D eigenvalue weighted by Gasteiger charge is -2.27. The fourth-order valence-corrected chi connectivity index (χ4v) is 5.03. The zero-order valence-corrected chi connectivity index (χ0v) is 22.6. The van der Waals surface area contributed by atoms with Gasteiger partial charge in [-0.3, -0.25) is 14.5 Å². The lowest BCUT2D eigenvalue weighted by atomic mass is 9.85. The number of ketones is 1. The SMILES string of the molecule is COc1cccc(N2C(=O)C(=O)/C(=C(/O)c3cc(Cl)c(OC)c(Cl)c3)C2c2ccc(C(C)(C)C)cc2)c1. The first-order valence-corrected chi connectivity index (χ1v) is 12.3. The molecule has 0 saturated carbocycles. The van der Waals surface area contributed by atoms with Crippen molar-refractivity contribution in [3.63, 3.8) is 0 Å². The van der Waals surface area contributed by atoms with Gasteiger partial charge in [-0.1, -0.05) is 74.3 Å². The van der Waals surface area contributed by atoms with Gasteiger partial charge in [0.05, 0.1) is 35.9 Å². The Morgan fingerprint density at radius 2 is 1.54 bits per heavy atom. The van der Waals surface area contributed by atoms with Crippen LogP contribution in [0.2, 0.25) is 10.0 Å². The highest BCUT2D eigenvalue weighted by atomic mass is 35.5. The molecule has 0 spiro atoms. The fourth-order valence-electron chi connectivity index (χ4n) is 4.39. The van der Waals surface area contributed by atoms with Crippen LogP contribution in [0.5, 0.6) is 11.5 Å². The van der Waals surface area contributed by atoms with Crippen molar-refractivity contribution in [3.05, 3.63) is 93.0 Å². The van der Waals surface area contributed by atoms with E-state index in [0.29, 0.717) is 17.0 Å². The van der Waals surface area contributed by atoms with Gasteiger partial charge < -0.3 is 14.6 Å². The number of methoxy groups -OCH3 is 2. The summed E-state index contributed by atoms with van der Waals surface area (Å²) >= 11 is 12.6. The number of anilines is 1. The van der Waals surface area contributed by atoms with Crippen LogP contribution < -0.4 is 14.4 Å². The summed E-state index contributed by atoms with van der Waals surface area (Å²) in [5, 5.41) is 11.7. The number of rotatable bonds is 5. The number of amides is 1. The van der Waals surface area contributed by atoms with Gasteiger partial charge in [-0.05, 0) is 40.8 Å². The number of aliphatic hydroxyl groups excluding tert-OH is 1. The van der Waals surface area contributed by atoms with Crippen LogP contribution in [0.1, 0.15) is 43.5 Å². The Balaban J connectivity index is 1.95. The topological polar surface area (TPSA) is 76.1 Å². The van der Waals surface area contributed by atoms with E-state index in [-0.39, 0.29) is 38.1 Å². The van der Waals surface area contributed by atoms with E-state index in [1.807, 2.05) is 24.3 Å². The Hall–Kier alpha value is -3.48. The van der Waals surface area contributed by atoms with Gasteiger partial charge in [-0.2, -0.15) is 0 Å². The lowest BCUT2D eigenvalue weighted by molar-refractivity contribution is -0.132. The van der Waals surface area contributed by atoms with E-state index in [4.69, 9.17) is 32.7 Å². The van der Waals surface area contributed by atoms with Crippen LogP contribution in [-0.4, -0.2) is 31.0 Å². The number of nitrogens with zero attached hydrogens (tertiary/aromatic N) is 1. The molecule has 0 aromatic heterocycles. The first-order valence-electron chi connectivity index (χ1n) is 11.6. The number of hydrogen-bond donors (Lipinski definition) is 1. The maximum Gasteiger partial charge on any atom is 0.300 e. The molecule has 0 bridgehead atoms. The Morgan fingerprint density at radius 3 is 2.08 bits per heavy atom. The highest BCUT2D eigenvalue weighted by molar-refractivity contribution is 6.51. The maximum atomic E-state index is 13.4. The summed E-state index contributed by atoms with van der Waals surface area (Å²) in [6.07, 6.45) is 0. The third kappa shape index (κ3) is 4.91. The minimum atomic E-state index is -0.902. The van der Waals surface area contributed by atoms with Crippen LogP contribution in [0.25, 0.3) is 5.76 Å². The quantitative estimate of drug-likeness (QED) is 0.216. The molecule has 1 unspecified atom stereocenters. The maximum absolute atomic E-state index is 13.4. The van der Waals surface area contributed by atoms with E-state index in [1.165, 1.54) is 31.3 Å². The molecular weight excluding hydrogens is 513 g/mol.